The summed E-state index contributed by atoms with van der Waals surface area (Å²) in [5.74, 6) is -0.569. The Labute approximate surface area is 426 Å². The number of carbonyl (C=O) groups excluding carboxylic acids is 1. The van der Waals surface area contributed by atoms with Crippen LogP contribution in [-0.4, -0.2) is 108 Å². The van der Waals surface area contributed by atoms with Crippen molar-refractivity contribution < 1.29 is 59.0 Å². The molecule has 1 fully saturated rings. The number of aliphatic hydroxyl groups is 7. The van der Waals surface area contributed by atoms with Crippen molar-refractivity contribution in [1.29, 1.82) is 0 Å². The van der Waals surface area contributed by atoms with Gasteiger partial charge >= 0.3 is 7.82 Å². The van der Waals surface area contributed by atoms with Gasteiger partial charge in [0.15, 0.2) is 0 Å². The largest absolute Gasteiger partial charge is 0.472 e. The predicted molar refractivity (Wildman–Crippen MR) is 284 cm³/mol. The van der Waals surface area contributed by atoms with Gasteiger partial charge in [-0.15, -0.1) is 0 Å². The molecule has 1 saturated carbocycles. The van der Waals surface area contributed by atoms with Crippen LogP contribution in [0.2, 0.25) is 0 Å². The molecule has 13 nitrogen and oxygen atoms in total. The minimum atomic E-state index is -5.10. The highest BCUT2D eigenvalue weighted by atomic mass is 31.2. The molecule has 0 heterocycles. The number of unbranched alkanes of at least 4 members (excludes halogenated alkanes) is 32. The van der Waals surface area contributed by atoms with Crippen molar-refractivity contribution in [3.05, 3.63) is 24.3 Å². The minimum Gasteiger partial charge on any atom is -0.393 e. The maximum Gasteiger partial charge on any atom is 0.472 e. The highest BCUT2D eigenvalue weighted by molar-refractivity contribution is 7.47. The second-order valence-electron chi connectivity index (χ2n) is 20.7. The van der Waals surface area contributed by atoms with Crippen LogP contribution in [0.25, 0.3) is 0 Å². The van der Waals surface area contributed by atoms with Crippen LogP contribution in [0, 0.1) is 0 Å². The summed E-state index contributed by atoms with van der Waals surface area (Å²) in [7, 11) is -5.10. The van der Waals surface area contributed by atoms with E-state index in [0.717, 1.165) is 44.9 Å². The Balaban J connectivity index is 2.01. The van der Waals surface area contributed by atoms with Crippen LogP contribution in [0.1, 0.15) is 264 Å². The molecule has 1 aliphatic carbocycles. The Kier molecular flexibility index (Phi) is 43.1. The molecule has 0 aromatic carbocycles. The van der Waals surface area contributed by atoms with Crippen LogP contribution >= 0.6 is 7.82 Å². The normalized spacial score (nSPS) is 21.9. The van der Waals surface area contributed by atoms with Gasteiger partial charge in [0.1, 0.15) is 36.6 Å². The van der Waals surface area contributed by atoms with Crippen molar-refractivity contribution in [2.45, 2.75) is 319 Å². The Hall–Kier alpha value is -1.22. The zero-order chi connectivity index (χ0) is 51.5. The average Bonchev–Trinajstić information content (AvgIpc) is 3.33. The van der Waals surface area contributed by atoms with E-state index >= 15 is 0 Å². The molecule has 0 aliphatic heterocycles. The van der Waals surface area contributed by atoms with Gasteiger partial charge in [-0.2, -0.15) is 0 Å². The monoisotopic (exact) mass is 1020 g/mol. The van der Waals surface area contributed by atoms with Crippen LogP contribution in [0.15, 0.2) is 24.3 Å². The Morgan fingerprint density at radius 1 is 0.500 bits per heavy atom. The third kappa shape index (κ3) is 35.8. The fourth-order valence-electron chi connectivity index (χ4n) is 9.40. The molecule has 1 aliphatic rings. The van der Waals surface area contributed by atoms with Crippen molar-refractivity contribution in [2.75, 3.05) is 6.61 Å². The molecular weight excluding hydrogens is 910 g/mol. The third-order valence-corrected chi connectivity index (χ3v) is 15.1. The van der Waals surface area contributed by atoms with Gasteiger partial charge in [-0.25, -0.2) is 4.57 Å². The smallest absolute Gasteiger partial charge is 0.393 e. The van der Waals surface area contributed by atoms with Gasteiger partial charge < -0.3 is 46.0 Å². The Morgan fingerprint density at radius 3 is 1.26 bits per heavy atom. The number of hydrogen-bond acceptors (Lipinski definition) is 11. The molecule has 0 spiro atoms. The molecule has 14 heteroatoms. The van der Waals surface area contributed by atoms with Crippen molar-refractivity contribution in [2.24, 2.45) is 0 Å². The van der Waals surface area contributed by atoms with E-state index in [1.807, 2.05) is 6.92 Å². The van der Waals surface area contributed by atoms with Gasteiger partial charge in [-0.3, -0.25) is 13.8 Å². The molecule has 414 valence electrons. The second kappa shape index (κ2) is 45.2. The SMILES string of the molecule is CCCCCCCCCCCCCCCCC/C=C\C/C=C\CCCCCCCCCCCCCCCCCC(O)CC(=O)NC(COP(=O)(O)OC1C(O)C(O)C(O)C(O)C1O)C(O)CCCCC. The van der Waals surface area contributed by atoms with Crippen LogP contribution in [-0.2, 0) is 18.4 Å². The summed E-state index contributed by atoms with van der Waals surface area (Å²) in [6, 6.07) is -1.15. The first kappa shape index (κ1) is 66.8. The van der Waals surface area contributed by atoms with Crippen LogP contribution in [0.5, 0.6) is 0 Å². The summed E-state index contributed by atoms with van der Waals surface area (Å²) in [5, 5.41) is 73.9. The lowest BCUT2D eigenvalue weighted by molar-refractivity contribution is -0.220. The van der Waals surface area contributed by atoms with Gasteiger partial charge in [0, 0.05) is 0 Å². The molecule has 0 bridgehead atoms. The maximum atomic E-state index is 12.9. The molecule has 1 rings (SSSR count). The second-order valence-corrected chi connectivity index (χ2v) is 22.1. The number of nitrogens with one attached hydrogen (secondary N) is 1. The first-order chi connectivity index (χ1) is 33.8. The number of carbonyl (C=O) groups is 1. The van der Waals surface area contributed by atoms with Gasteiger partial charge in [0.2, 0.25) is 5.91 Å². The van der Waals surface area contributed by atoms with E-state index in [4.69, 9.17) is 9.05 Å². The summed E-state index contributed by atoms with van der Waals surface area (Å²) in [6.07, 6.45) is 41.4. The van der Waals surface area contributed by atoms with E-state index < -0.39 is 75.2 Å². The molecule has 0 aromatic heterocycles. The van der Waals surface area contributed by atoms with Crippen LogP contribution in [0.4, 0.5) is 0 Å². The molecule has 0 radical (unpaired) electrons. The predicted octanol–water partition coefficient (Wildman–Crippen LogP) is 11.9. The molecule has 0 aromatic rings. The standard InChI is InChI=1S/C56H108NO12P/c1-3-5-7-8-9-10-11-12-13-14-15-16-17-18-19-20-21-22-23-24-25-26-27-28-29-30-31-32-33-34-35-36-37-38-39-40-42-43-47(58)45-50(60)57-48(49(59)44-41-6-4-2)46-68-70(66,67)69-56-54(64)52(62)51(61)53(63)55(56)65/h21-22,24-25,47-49,51-56,58-59,61-65H,3-20,23,26-46H2,1-2H3,(H,57,60)(H,66,67)/b22-21-,25-24-. The van der Waals surface area contributed by atoms with E-state index in [1.54, 1.807) is 0 Å². The van der Waals surface area contributed by atoms with Crippen LogP contribution in [0.3, 0.4) is 0 Å². The Morgan fingerprint density at radius 2 is 0.843 bits per heavy atom. The van der Waals surface area contributed by atoms with Crippen LogP contribution < -0.4 is 5.32 Å². The quantitative estimate of drug-likeness (QED) is 0.0158. The van der Waals surface area contributed by atoms with Crippen molar-refractivity contribution in [3.63, 3.8) is 0 Å². The zero-order valence-electron chi connectivity index (χ0n) is 44.4. The summed E-state index contributed by atoms with van der Waals surface area (Å²) < 4.78 is 22.6. The highest BCUT2D eigenvalue weighted by Gasteiger charge is 2.51. The molecule has 8 unspecified atom stereocenters. The molecule has 1 amide bonds. The summed E-state index contributed by atoms with van der Waals surface area (Å²) in [5.41, 5.74) is 0. The zero-order valence-corrected chi connectivity index (χ0v) is 45.3. The van der Waals surface area contributed by atoms with E-state index in [0.29, 0.717) is 12.8 Å². The number of rotatable bonds is 49. The van der Waals surface area contributed by atoms with E-state index in [9.17, 15) is 50.0 Å². The van der Waals surface area contributed by atoms with Gasteiger partial charge in [0.25, 0.3) is 0 Å². The number of amides is 1. The summed E-state index contributed by atoms with van der Waals surface area (Å²) in [6.45, 7) is 3.59. The number of hydrogen-bond donors (Lipinski definition) is 9. The van der Waals surface area contributed by atoms with E-state index in [2.05, 4.69) is 36.5 Å². The molecular formula is C56H108NO12P. The molecule has 8 atom stereocenters. The maximum absolute atomic E-state index is 12.9. The number of allylic oxidation sites excluding steroid dienone is 4. The number of phosphoric acid groups is 1. The van der Waals surface area contributed by atoms with Gasteiger partial charge in [-0.1, -0.05) is 237 Å². The van der Waals surface area contributed by atoms with E-state index in [-0.39, 0.29) is 12.8 Å². The fraction of sp³-hybridized carbons (Fsp3) is 0.911. The molecule has 70 heavy (non-hydrogen) atoms. The minimum absolute atomic E-state index is 0.223. The lowest BCUT2D eigenvalue weighted by atomic mass is 9.85. The topological polar surface area (TPSA) is 226 Å². The van der Waals surface area contributed by atoms with Gasteiger partial charge in [-0.05, 0) is 44.9 Å². The summed E-state index contributed by atoms with van der Waals surface area (Å²) in [4.78, 5) is 23.2. The number of phosphoric ester groups is 1. The first-order valence-electron chi connectivity index (χ1n) is 28.9. The Bertz CT molecular complexity index is 1290. The highest BCUT2D eigenvalue weighted by Crippen LogP contribution is 2.47. The van der Waals surface area contributed by atoms with Crippen molar-refractivity contribution >= 4 is 13.7 Å². The van der Waals surface area contributed by atoms with E-state index in [1.165, 1.54) is 180 Å². The number of aliphatic hydroxyl groups excluding tert-OH is 7. The summed E-state index contributed by atoms with van der Waals surface area (Å²) >= 11 is 0. The lowest BCUT2D eigenvalue weighted by Gasteiger charge is -2.41. The van der Waals surface area contributed by atoms with Gasteiger partial charge in [0.05, 0.1) is 31.3 Å². The molecule has 9 N–H and O–H groups in total. The average molecular weight is 1020 g/mol. The fourth-order valence-corrected chi connectivity index (χ4v) is 10.4. The van der Waals surface area contributed by atoms with Crippen molar-refractivity contribution in [1.82, 2.24) is 5.32 Å². The van der Waals surface area contributed by atoms with Crippen molar-refractivity contribution in [3.8, 4) is 0 Å². The lowest BCUT2D eigenvalue weighted by Crippen LogP contribution is -2.64. The first-order valence-corrected chi connectivity index (χ1v) is 30.4. The molecule has 0 saturated heterocycles. The third-order valence-electron chi connectivity index (χ3n) is 14.1.